The summed E-state index contributed by atoms with van der Waals surface area (Å²) in [5.41, 5.74) is 4.12. The molecule has 3 rings (SSSR count). The Morgan fingerprint density at radius 3 is 2.52 bits per heavy atom. The lowest BCUT2D eigenvalue weighted by atomic mass is 10.0. The van der Waals surface area contributed by atoms with Gasteiger partial charge < -0.3 is 5.32 Å². The summed E-state index contributed by atoms with van der Waals surface area (Å²) >= 11 is 0. The molecule has 6 heteroatoms. The number of aryl methyl sites for hydroxylation is 1. The van der Waals surface area contributed by atoms with E-state index in [2.05, 4.69) is 10.0 Å². The maximum atomic E-state index is 12.8. The molecule has 2 N–H and O–H groups in total. The summed E-state index contributed by atoms with van der Waals surface area (Å²) in [6.45, 7) is 5.64. The highest BCUT2D eigenvalue weighted by molar-refractivity contribution is 7.92. The number of rotatable bonds is 4. The highest BCUT2D eigenvalue weighted by Gasteiger charge is 2.27. The van der Waals surface area contributed by atoms with Crippen LogP contribution in [0.15, 0.2) is 52.9 Å². The number of allylic oxidation sites excluding steroid dienone is 1. The van der Waals surface area contributed by atoms with Crippen LogP contribution in [0.1, 0.15) is 31.9 Å². The van der Waals surface area contributed by atoms with Crippen LogP contribution in [-0.4, -0.2) is 14.3 Å². The third-order valence-corrected chi connectivity index (χ3v) is 5.55. The molecule has 1 amide bonds. The lowest BCUT2D eigenvalue weighted by Gasteiger charge is -2.12. The minimum absolute atomic E-state index is 0.132. The summed E-state index contributed by atoms with van der Waals surface area (Å²) in [5, 5.41) is 2.76. The Morgan fingerprint density at radius 2 is 1.84 bits per heavy atom. The monoisotopic (exact) mass is 356 g/mol. The van der Waals surface area contributed by atoms with Gasteiger partial charge in [0.05, 0.1) is 10.6 Å². The molecule has 0 aliphatic carbocycles. The average molecular weight is 356 g/mol. The summed E-state index contributed by atoms with van der Waals surface area (Å²) < 4.78 is 28.2. The van der Waals surface area contributed by atoms with Crippen molar-refractivity contribution >= 4 is 32.9 Å². The van der Waals surface area contributed by atoms with Crippen LogP contribution in [0.25, 0.3) is 5.57 Å². The van der Waals surface area contributed by atoms with Crippen LogP contribution in [0.4, 0.5) is 11.4 Å². The van der Waals surface area contributed by atoms with Gasteiger partial charge in [0.15, 0.2) is 0 Å². The van der Waals surface area contributed by atoms with Crippen molar-refractivity contribution < 1.29 is 13.2 Å². The van der Waals surface area contributed by atoms with Gasteiger partial charge in [0.2, 0.25) is 0 Å². The molecule has 0 aromatic heterocycles. The largest absolute Gasteiger partial charge is 0.321 e. The summed E-state index contributed by atoms with van der Waals surface area (Å²) in [4.78, 5) is 12.2. The average Bonchev–Trinajstić information content (AvgIpc) is 2.90. The lowest BCUT2D eigenvalue weighted by molar-refractivity contribution is -0.110. The molecular weight excluding hydrogens is 336 g/mol. The van der Waals surface area contributed by atoms with Crippen LogP contribution in [0.5, 0.6) is 0 Å². The molecule has 2 aromatic rings. The molecule has 0 bridgehead atoms. The van der Waals surface area contributed by atoms with Gasteiger partial charge in [0.25, 0.3) is 15.9 Å². The predicted octanol–water partition coefficient (Wildman–Crippen LogP) is 3.80. The fourth-order valence-corrected chi connectivity index (χ4v) is 4.07. The summed E-state index contributed by atoms with van der Waals surface area (Å²) in [6, 6.07) is 12.0. The number of carbonyl (C=O) groups is 1. The second-order valence-corrected chi connectivity index (χ2v) is 7.84. The Hall–Kier alpha value is -2.60. The molecule has 25 heavy (non-hydrogen) atoms. The van der Waals surface area contributed by atoms with Crippen molar-refractivity contribution in [3.8, 4) is 0 Å². The zero-order valence-electron chi connectivity index (χ0n) is 14.4. The van der Waals surface area contributed by atoms with Crippen molar-refractivity contribution in [2.75, 3.05) is 10.0 Å². The first kappa shape index (κ1) is 17.2. The fraction of sp³-hybridized carbons (Fsp3) is 0.211. The number of hydrogen-bond acceptors (Lipinski definition) is 3. The molecule has 1 aliphatic heterocycles. The van der Waals surface area contributed by atoms with E-state index in [0.29, 0.717) is 22.5 Å². The molecule has 0 saturated carbocycles. The van der Waals surface area contributed by atoms with Crippen molar-refractivity contribution in [1.29, 1.82) is 0 Å². The highest BCUT2D eigenvalue weighted by Crippen LogP contribution is 2.35. The molecule has 5 nitrogen and oxygen atoms in total. The number of benzene rings is 2. The first-order chi connectivity index (χ1) is 11.8. The quantitative estimate of drug-likeness (QED) is 0.818. The maximum absolute atomic E-state index is 12.8. The summed E-state index contributed by atoms with van der Waals surface area (Å²) in [7, 11) is -3.75. The highest BCUT2D eigenvalue weighted by atomic mass is 32.2. The molecule has 130 valence electrons. The smallest absolute Gasteiger partial charge is 0.261 e. The molecule has 0 unspecified atom stereocenters. The van der Waals surface area contributed by atoms with Gasteiger partial charge >= 0.3 is 0 Å². The number of para-hydroxylation sites is 1. The van der Waals surface area contributed by atoms with Gasteiger partial charge in [-0.05, 0) is 50.1 Å². The third kappa shape index (κ3) is 3.17. The SMILES string of the molecule is CCc1ccccc1NS(=O)(=O)c1ccc2c(c1)C(=C(C)C)C(=O)N2. The van der Waals surface area contributed by atoms with E-state index in [1.54, 1.807) is 24.3 Å². The minimum Gasteiger partial charge on any atom is -0.321 e. The number of sulfonamides is 1. The fourth-order valence-electron chi connectivity index (χ4n) is 2.94. The molecule has 1 aliphatic rings. The molecule has 1 heterocycles. The van der Waals surface area contributed by atoms with E-state index in [0.717, 1.165) is 17.6 Å². The molecule has 0 fully saturated rings. The number of amides is 1. The lowest BCUT2D eigenvalue weighted by Crippen LogP contribution is -2.14. The topological polar surface area (TPSA) is 75.3 Å². The van der Waals surface area contributed by atoms with E-state index in [4.69, 9.17) is 0 Å². The zero-order valence-corrected chi connectivity index (χ0v) is 15.2. The van der Waals surface area contributed by atoms with Crippen LogP contribution in [0, 0.1) is 0 Å². The standard InChI is InChI=1S/C19H20N2O3S/c1-4-13-7-5-6-8-16(13)21-25(23,24)14-9-10-17-15(11-14)18(12(2)3)19(22)20-17/h5-11,21H,4H2,1-3H3,(H,20,22). The summed E-state index contributed by atoms with van der Waals surface area (Å²) in [6.07, 6.45) is 0.725. The first-order valence-corrected chi connectivity index (χ1v) is 9.55. The molecule has 0 saturated heterocycles. The van der Waals surface area contributed by atoms with Gasteiger partial charge in [0, 0.05) is 16.8 Å². The number of carbonyl (C=O) groups excluding carboxylic acids is 1. The molecule has 2 aromatic carbocycles. The molecule has 0 spiro atoms. The third-order valence-electron chi connectivity index (χ3n) is 4.19. The van der Waals surface area contributed by atoms with Crippen LogP contribution in [0.3, 0.4) is 0 Å². The number of fused-ring (bicyclic) bond motifs is 1. The zero-order chi connectivity index (χ0) is 18.2. The molecule has 0 atom stereocenters. The number of anilines is 2. The van der Waals surface area contributed by atoms with Gasteiger partial charge in [-0.2, -0.15) is 0 Å². The van der Waals surface area contributed by atoms with Crippen LogP contribution in [-0.2, 0) is 21.2 Å². The van der Waals surface area contributed by atoms with E-state index in [1.807, 2.05) is 32.9 Å². The van der Waals surface area contributed by atoms with Crippen molar-refractivity contribution in [2.45, 2.75) is 32.1 Å². The van der Waals surface area contributed by atoms with Crippen LogP contribution in [0.2, 0.25) is 0 Å². The Morgan fingerprint density at radius 1 is 1.12 bits per heavy atom. The van der Waals surface area contributed by atoms with Crippen molar-refractivity contribution in [2.24, 2.45) is 0 Å². The van der Waals surface area contributed by atoms with Crippen molar-refractivity contribution in [3.63, 3.8) is 0 Å². The van der Waals surface area contributed by atoms with Gasteiger partial charge in [-0.15, -0.1) is 0 Å². The van der Waals surface area contributed by atoms with Crippen molar-refractivity contribution in [1.82, 2.24) is 0 Å². The van der Waals surface area contributed by atoms with Gasteiger partial charge in [-0.1, -0.05) is 30.7 Å². The Labute approximate surface area is 147 Å². The normalized spacial score (nSPS) is 13.4. The molecule has 0 radical (unpaired) electrons. The van der Waals surface area contributed by atoms with Gasteiger partial charge in [-0.3, -0.25) is 9.52 Å². The summed E-state index contributed by atoms with van der Waals surface area (Å²) in [5.74, 6) is -0.200. The van der Waals surface area contributed by atoms with E-state index in [9.17, 15) is 13.2 Å². The first-order valence-electron chi connectivity index (χ1n) is 8.07. The Balaban J connectivity index is 2.03. The van der Waals surface area contributed by atoms with Crippen LogP contribution >= 0.6 is 0 Å². The Bertz CT molecular complexity index is 987. The van der Waals surface area contributed by atoms with E-state index in [-0.39, 0.29) is 10.8 Å². The predicted molar refractivity (Wildman–Crippen MR) is 100.0 cm³/mol. The van der Waals surface area contributed by atoms with E-state index < -0.39 is 10.0 Å². The maximum Gasteiger partial charge on any atom is 0.261 e. The Kier molecular flexibility index (Phi) is 4.39. The number of hydrogen-bond donors (Lipinski definition) is 2. The van der Waals surface area contributed by atoms with E-state index in [1.165, 1.54) is 6.07 Å². The van der Waals surface area contributed by atoms with Crippen molar-refractivity contribution in [3.05, 3.63) is 59.2 Å². The molecular formula is C19H20N2O3S. The second kappa shape index (κ2) is 6.37. The minimum atomic E-state index is -3.75. The van der Waals surface area contributed by atoms with Gasteiger partial charge in [-0.25, -0.2) is 8.42 Å². The number of nitrogens with one attached hydrogen (secondary N) is 2. The van der Waals surface area contributed by atoms with Gasteiger partial charge in [0.1, 0.15) is 0 Å². The van der Waals surface area contributed by atoms with Crippen LogP contribution < -0.4 is 10.0 Å². The second-order valence-electron chi connectivity index (χ2n) is 6.15. The van der Waals surface area contributed by atoms with E-state index >= 15 is 0 Å².